The van der Waals surface area contributed by atoms with E-state index in [-0.39, 0.29) is 10.4 Å². The third kappa shape index (κ3) is 3.34. The molecule has 3 aromatic rings. The van der Waals surface area contributed by atoms with E-state index in [2.05, 4.69) is 25.9 Å². The number of nitrogens with zero attached hydrogens (tertiary/aromatic N) is 1. The molecule has 4 nitrogen and oxygen atoms in total. The first kappa shape index (κ1) is 17.3. The van der Waals surface area contributed by atoms with Gasteiger partial charge in [0, 0.05) is 21.1 Å². The minimum atomic E-state index is -4.44. The molecule has 0 saturated heterocycles. The Balaban J connectivity index is 2.07. The van der Waals surface area contributed by atoms with Crippen LogP contribution in [0.5, 0.6) is 5.88 Å². The molecule has 25 heavy (non-hydrogen) atoms. The van der Waals surface area contributed by atoms with Gasteiger partial charge in [-0.2, -0.15) is 13.2 Å². The zero-order chi connectivity index (χ0) is 18.4. The molecule has 1 aromatic heterocycles. The van der Waals surface area contributed by atoms with Gasteiger partial charge < -0.3 is 15.8 Å². The number of nitrogen functional groups attached to an aromatic ring is 1. The standard InChI is InChI=1S/C17H13BrF3N3O/c1-8(15-11-6-9(22)2-5-14(11)24-16(15)25)23-10-3-4-12(13(18)7-10)17(19,20)21/h2-7,24-25H,22H2,1H3. The molecule has 0 radical (unpaired) electrons. The van der Waals surface area contributed by atoms with E-state index in [4.69, 9.17) is 5.73 Å². The minimum Gasteiger partial charge on any atom is -0.494 e. The molecule has 0 unspecified atom stereocenters. The Morgan fingerprint density at radius 1 is 1.20 bits per heavy atom. The molecule has 0 spiro atoms. The van der Waals surface area contributed by atoms with Crippen molar-refractivity contribution in [2.24, 2.45) is 4.99 Å². The summed E-state index contributed by atoms with van der Waals surface area (Å²) in [7, 11) is 0. The fraction of sp³-hybridized carbons (Fsp3) is 0.118. The van der Waals surface area contributed by atoms with Crippen LogP contribution in [0.4, 0.5) is 24.5 Å². The number of alkyl halides is 3. The van der Waals surface area contributed by atoms with Gasteiger partial charge in [-0.1, -0.05) is 15.9 Å². The molecule has 0 fully saturated rings. The molecule has 8 heteroatoms. The zero-order valence-electron chi connectivity index (χ0n) is 12.9. The third-order valence-corrected chi connectivity index (χ3v) is 4.38. The fourth-order valence-corrected chi connectivity index (χ4v) is 3.21. The maximum Gasteiger partial charge on any atom is 0.417 e. The van der Waals surface area contributed by atoms with Crippen LogP contribution in [0, 0.1) is 0 Å². The predicted octanol–water partition coefficient (Wildman–Crippen LogP) is 5.38. The van der Waals surface area contributed by atoms with Crippen molar-refractivity contribution in [1.29, 1.82) is 0 Å². The average molecular weight is 412 g/mol. The average Bonchev–Trinajstić information content (AvgIpc) is 2.81. The van der Waals surface area contributed by atoms with Gasteiger partial charge >= 0.3 is 6.18 Å². The summed E-state index contributed by atoms with van der Waals surface area (Å²) in [6.07, 6.45) is -4.44. The van der Waals surface area contributed by atoms with Crippen molar-refractivity contribution in [2.45, 2.75) is 13.1 Å². The molecule has 2 aromatic carbocycles. The van der Waals surface area contributed by atoms with Crippen molar-refractivity contribution in [3.63, 3.8) is 0 Å². The van der Waals surface area contributed by atoms with Gasteiger partial charge in [0.1, 0.15) is 0 Å². The van der Waals surface area contributed by atoms with Gasteiger partial charge in [0.2, 0.25) is 0 Å². The molecule has 1 heterocycles. The lowest BCUT2D eigenvalue weighted by Gasteiger charge is -2.09. The molecule has 0 aliphatic heterocycles. The van der Waals surface area contributed by atoms with E-state index in [9.17, 15) is 18.3 Å². The van der Waals surface area contributed by atoms with E-state index in [1.54, 1.807) is 25.1 Å². The monoisotopic (exact) mass is 411 g/mol. The van der Waals surface area contributed by atoms with Gasteiger partial charge in [-0.25, -0.2) is 0 Å². The van der Waals surface area contributed by atoms with Crippen LogP contribution < -0.4 is 5.73 Å². The van der Waals surface area contributed by atoms with Gasteiger partial charge in [0.15, 0.2) is 5.88 Å². The molecule has 0 atom stereocenters. The molecule has 0 amide bonds. The number of halogens is 4. The Hall–Kier alpha value is -2.48. The summed E-state index contributed by atoms with van der Waals surface area (Å²) in [5.41, 5.74) is 7.45. The number of benzene rings is 2. The van der Waals surface area contributed by atoms with Crippen LogP contribution >= 0.6 is 15.9 Å². The highest BCUT2D eigenvalue weighted by atomic mass is 79.9. The number of hydrogen-bond acceptors (Lipinski definition) is 3. The lowest BCUT2D eigenvalue weighted by atomic mass is 10.1. The Morgan fingerprint density at radius 2 is 1.92 bits per heavy atom. The van der Waals surface area contributed by atoms with Crippen molar-refractivity contribution >= 4 is 43.9 Å². The molecule has 3 rings (SSSR count). The Labute approximate surface area is 149 Å². The fourth-order valence-electron chi connectivity index (χ4n) is 2.61. The van der Waals surface area contributed by atoms with Crippen molar-refractivity contribution in [3.05, 3.63) is 52.0 Å². The molecule has 0 aliphatic carbocycles. The maximum atomic E-state index is 12.8. The number of anilines is 1. The van der Waals surface area contributed by atoms with Crippen LogP contribution in [0.15, 0.2) is 45.9 Å². The summed E-state index contributed by atoms with van der Waals surface area (Å²) >= 11 is 2.92. The number of nitrogens with two attached hydrogens (primary N) is 1. The summed E-state index contributed by atoms with van der Waals surface area (Å²) in [5, 5.41) is 10.8. The molecule has 0 bridgehead atoms. The normalized spacial score (nSPS) is 12.8. The first-order valence-corrected chi connectivity index (χ1v) is 7.98. The van der Waals surface area contributed by atoms with Crippen molar-refractivity contribution in [2.75, 3.05) is 5.73 Å². The second-order valence-electron chi connectivity index (χ2n) is 5.51. The van der Waals surface area contributed by atoms with Gasteiger partial charge in [-0.15, -0.1) is 0 Å². The van der Waals surface area contributed by atoms with Crippen LogP contribution in [0.1, 0.15) is 18.1 Å². The van der Waals surface area contributed by atoms with Crippen molar-refractivity contribution in [3.8, 4) is 5.88 Å². The smallest absolute Gasteiger partial charge is 0.417 e. The van der Waals surface area contributed by atoms with Crippen LogP contribution in [0.2, 0.25) is 0 Å². The summed E-state index contributed by atoms with van der Waals surface area (Å²) in [6.45, 7) is 1.66. The second-order valence-corrected chi connectivity index (χ2v) is 6.37. The van der Waals surface area contributed by atoms with Crippen molar-refractivity contribution in [1.82, 2.24) is 4.98 Å². The predicted molar refractivity (Wildman–Crippen MR) is 95.4 cm³/mol. The summed E-state index contributed by atoms with van der Waals surface area (Å²) in [4.78, 5) is 7.15. The SMILES string of the molecule is CC(=Nc1ccc(C(F)(F)F)c(Br)c1)c1c(O)[nH]c2ccc(N)cc12. The van der Waals surface area contributed by atoms with Gasteiger partial charge in [-0.05, 0) is 43.3 Å². The van der Waals surface area contributed by atoms with Gasteiger partial charge in [-0.3, -0.25) is 4.99 Å². The number of aliphatic imine (C=N–C) groups is 1. The number of rotatable bonds is 2. The second kappa shape index (κ2) is 6.11. The summed E-state index contributed by atoms with van der Waals surface area (Å²) in [6, 6.07) is 8.65. The van der Waals surface area contributed by atoms with Crippen LogP contribution in [-0.4, -0.2) is 15.8 Å². The van der Waals surface area contributed by atoms with E-state index in [1.807, 2.05) is 0 Å². The van der Waals surface area contributed by atoms with Crippen LogP contribution in [0.25, 0.3) is 10.9 Å². The minimum absolute atomic E-state index is 0.0761. The quantitative estimate of drug-likeness (QED) is 0.391. The lowest BCUT2D eigenvalue weighted by Crippen LogP contribution is -2.05. The molecule has 0 saturated carbocycles. The number of aromatic amines is 1. The zero-order valence-corrected chi connectivity index (χ0v) is 14.5. The summed E-state index contributed by atoms with van der Waals surface area (Å²) in [5.74, 6) is -0.0761. The number of H-pyrrole nitrogens is 1. The lowest BCUT2D eigenvalue weighted by molar-refractivity contribution is -0.138. The molecule has 0 aliphatic rings. The highest BCUT2D eigenvalue weighted by molar-refractivity contribution is 9.10. The van der Waals surface area contributed by atoms with Crippen LogP contribution in [-0.2, 0) is 6.18 Å². The third-order valence-electron chi connectivity index (χ3n) is 3.72. The van der Waals surface area contributed by atoms with E-state index >= 15 is 0 Å². The molecular formula is C17H13BrF3N3O. The van der Waals surface area contributed by atoms with E-state index < -0.39 is 11.7 Å². The molecular weight excluding hydrogens is 399 g/mol. The Kier molecular flexibility index (Phi) is 4.24. The van der Waals surface area contributed by atoms with Crippen LogP contribution in [0.3, 0.4) is 0 Å². The molecule has 4 N–H and O–H groups in total. The van der Waals surface area contributed by atoms with E-state index in [1.165, 1.54) is 12.1 Å². The van der Waals surface area contributed by atoms with Gasteiger partial charge in [0.05, 0.1) is 22.5 Å². The Bertz CT molecular complexity index is 993. The maximum absolute atomic E-state index is 12.8. The highest BCUT2D eigenvalue weighted by Gasteiger charge is 2.32. The van der Waals surface area contributed by atoms with Gasteiger partial charge in [0.25, 0.3) is 0 Å². The first-order valence-electron chi connectivity index (χ1n) is 7.19. The van der Waals surface area contributed by atoms with E-state index in [0.717, 1.165) is 6.07 Å². The van der Waals surface area contributed by atoms with E-state index in [0.29, 0.717) is 33.6 Å². The number of nitrogens with one attached hydrogen (secondary N) is 1. The molecule has 130 valence electrons. The summed E-state index contributed by atoms with van der Waals surface area (Å²) < 4.78 is 38.4. The largest absolute Gasteiger partial charge is 0.494 e. The Morgan fingerprint density at radius 3 is 2.56 bits per heavy atom. The number of hydrogen-bond donors (Lipinski definition) is 3. The number of aromatic nitrogens is 1. The highest BCUT2D eigenvalue weighted by Crippen LogP contribution is 2.37. The topological polar surface area (TPSA) is 74.4 Å². The number of aromatic hydroxyl groups is 1. The number of fused-ring (bicyclic) bond motifs is 1. The van der Waals surface area contributed by atoms with Crippen molar-refractivity contribution < 1.29 is 18.3 Å². The first-order chi connectivity index (χ1) is 11.7.